The van der Waals surface area contributed by atoms with Gasteiger partial charge in [0.25, 0.3) is 0 Å². The molecule has 0 aliphatic heterocycles. The van der Waals surface area contributed by atoms with Crippen molar-refractivity contribution in [1.29, 1.82) is 0 Å². The molecule has 0 spiro atoms. The zero-order chi connectivity index (χ0) is 25.8. The number of ketones is 1. The molecule has 11 heteroatoms. The van der Waals surface area contributed by atoms with E-state index in [9.17, 15) is 17.8 Å². The van der Waals surface area contributed by atoms with Gasteiger partial charge in [-0.1, -0.05) is 42.0 Å². The highest BCUT2D eigenvalue weighted by Gasteiger charge is 2.31. The van der Waals surface area contributed by atoms with E-state index >= 15 is 0 Å². The average Bonchev–Trinajstić information content (AvgIpc) is 2.84. The highest BCUT2D eigenvalue weighted by Crippen LogP contribution is 2.48. The molecule has 3 rings (SSSR count). The molecule has 2 aromatic carbocycles. The van der Waals surface area contributed by atoms with E-state index in [2.05, 4.69) is 9.97 Å². The fraction of sp³-hybridized carbons (Fsp3) is 0.292. The summed E-state index contributed by atoms with van der Waals surface area (Å²) in [6.45, 7) is 1.99. The number of hydrogen-bond acceptors (Lipinski definition) is 9. The molecule has 0 unspecified atom stereocenters. The minimum absolute atomic E-state index is 0.00182. The standard InChI is InChI=1S/C24H28N3O6PS/c1-17-6-10-19(11-7-17)21-15-25-24(27(2)3)23(26-21)22(28)14-18-8-12-20(13-9-18)35(30,31)16-34(29,32-4)33-5/h6-13,15H,14,16H2,1-5H3. The Labute approximate surface area is 205 Å². The lowest BCUT2D eigenvalue weighted by molar-refractivity contribution is 0.0988. The molecule has 3 aromatic rings. The predicted octanol–water partition coefficient (Wildman–Crippen LogP) is 4.16. The lowest BCUT2D eigenvalue weighted by Crippen LogP contribution is -2.18. The molecule has 0 aliphatic rings. The number of benzene rings is 2. The molecule has 0 saturated carbocycles. The maximum atomic E-state index is 13.2. The first-order valence-electron chi connectivity index (χ1n) is 10.6. The van der Waals surface area contributed by atoms with Crippen LogP contribution in [0.25, 0.3) is 11.3 Å². The predicted molar refractivity (Wildman–Crippen MR) is 135 cm³/mol. The normalized spacial score (nSPS) is 11.9. The lowest BCUT2D eigenvalue weighted by Gasteiger charge is -2.16. The first-order chi connectivity index (χ1) is 16.5. The summed E-state index contributed by atoms with van der Waals surface area (Å²) < 4.78 is 47.0. The van der Waals surface area contributed by atoms with Crippen LogP contribution in [-0.4, -0.2) is 58.0 Å². The topological polar surface area (TPSA) is 116 Å². The van der Waals surface area contributed by atoms with Gasteiger partial charge in [-0.25, -0.2) is 18.4 Å². The molecule has 1 aromatic heterocycles. The number of aromatic nitrogens is 2. The second kappa shape index (κ2) is 10.8. The van der Waals surface area contributed by atoms with Crippen molar-refractivity contribution in [3.63, 3.8) is 0 Å². The van der Waals surface area contributed by atoms with Gasteiger partial charge in [-0.2, -0.15) is 0 Å². The fourth-order valence-electron chi connectivity index (χ4n) is 3.31. The highest BCUT2D eigenvalue weighted by molar-refractivity contribution is 7.97. The Balaban J connectivity index is 1.86. The van der Waals surface area contributed by atoms with Crippen molar-refractivity contribution in [2.45, 2.75) is 18.2 Å². The SMILES string of the molecule is COP(=O)(CS(=O)(=O)c1ccc(CC(=O)c2nc(-c3ccc(C)cc3)cnc2N(C)C)cc1)OC. The molecule has 0 N–H and O–H groups in total. The Morgan fingerprint density at radius 1 is 1.00 bits per heavy atom. The number of nitrogens with zero attached hydrogens (tertiary/aromatic N) is 3. The largest absolute Gasteiger partial charge is 0.361 e. The molecule has 0 saturated heterocycles. The molecule has 0 radical (unpaired) electrons. The van der Waals surface area contributed by atoms with Crippen LogP contribution >= 0.6 is 7.60 Å². The molecule has 0 atom stereocenters. The van der Waals surface area contributed by atoms with Gasteiger partial charge in [-0.15, -0.1) is 0 Å². The fourth-order valence-corrected chi connectivity index (χ4v) is 7.11. The van der Waals surface area contributed by atoms with Crippen molar-refractivity contribution in [3.05, 3.63) is 71.5 Å². The van der Waals surface area contributed by atoms with E-state index in [1.807, 2.05) is 31.2 Å². The van der Waals surface area contributed by atoms with Gasteiger partial charge < -0.3 is 13.9 Å². The number of sulfone groups is 1. The van der Waals surface area contributed by atoms with Crippen LogP contribution in [0.4, 0.5) is 5.82 Å². The molecule has 186 valence electrons. The Morgan fingerprint density at radius 3 is 2.14 bits per heavy atom. The van der Waals surface area contributed by atoms with Crippen LogP contribution in [-0.2, 0) is 29.9 Å². The van der Waals surface area contributed by atoms with Gasteiger partial charge in [0.2, 0.25) is 0 Å². The zero-order valence-corrected chi connectivity index (χ0v) is 22.0. The molecular weight excluding hydrogens is 489 g/mol. The second-order valence-electron chi connectivity index (χ2n) is 8.15. The Hall–Kier alpha value is -2.91. The van der Waals surface area contributed by atoms with Crippen LogP contribution in [0, 0.1) is 6.92 Å². The van der Waals surface area contributed by atoms with Crippen LogP contribution < -0.4 is 4.90 Å². The van der Waals surface area contributed by atoms with Gasteiger partial charge >= 0.3 is 7.60 Å². The smallest absolute Gasteiger partial charge is 0.345 e. The molecule has 9 nitrogen and oxygen atoms in total. The summed E-state index contributed by atoms with van der Waals surface area (Å²) in [5.74, 6) is 0.189. The third kappa shape index (κ3) is 6.41. The second-order valence-corrected chi connectivity index (χ2v) is 12.8. The summed E-state index contributed by atoms with van der Waals surface area (Å²) in [6.07, 6.45) is 1.64. The number of hydrogen-bond donors (Lipinski definition) is 0. The van der Waals surface area contributed by atoms with E-state index in [1.165, 1.54) is 12.1 Å². The molecule has 0 aliphatic carbocycles. The molecule has 35 heavy (non-hydrogen) atoms. The van der Waals surface area contributed by atoms with Crippen molar-refractivity contribution in [1.82, 2.24) is 9.97 Å². The lowest BCUT2D eigenvalue weighted by atomic mass is 10.1. The quantitative estimate of drug-likeness (QED) is 0.289. The Morgan fingerprint density at radius 2 is 1.60 bits per heavy atom. The summed E-state index contributed by atoms with van der Waals surface area (Å²) in [5, 5.41) is 0. The summed E-state index contributed by atoms with van der Waals surface area (Å²) in [4.78, 5) is 23.9. The number of anilines is 1. The van der Waals surface area contributed by atoms with Crippen LogP contribution in [0.5, 0.6) is 0 Å². The van der Waals surface area contributed by atoms with Crippen LogP contribution in [0.3, 0.4) is 0 Å². The molecule has 1 heterocycles. The minimum atomic E-state index is -3.92. The van der Waals surface area contributed by atoms with Gasteiger partial charge in [-0.05, 0) is 24.6 Å². The van der Waals surface area contributed by atoms with Crippen LogP contribution in [0.1, 0.15) is 21.6 Å². The Bertz CT molecular complexity index is 1350. The minimum Gasteiger partial charge on any atom is -0.361 e. The van der Waals surface area contributed by atoms with Gasteiger partial charge in [0.15, 0.2) is 26.9 Å². The molecular formula is C24H28N3O6PS. The molecule has 0 amide bonds. The Kier molecular flexibility index (Phi) is 8.22. The monoisotopic (exact) mass is 517 g/mol. The summed E-state index contributed by atoms with van der Waals surface area (Å²) in [5.41, 5.74) is 2.59. The number of carbonyl (C=O) groups is 1. The number of carbonyl (C=O) groups excluding carboxylic acids is 1. The van der Waals surface area contributed by atoms with Crippen molar-refractivity contribution in [2.24, 2.45) is 0 Å². The first kappa shape index (κ1) is 26.7. The molecule has 0 bridgehead atoms. The van der Waals surface area contributed by atoms with E-state index < -0.39 is 22.9 Å². The summed E-state index contributed by atoms with van der Waals surface area (Å²) in [7, 11) is -1.85. The van der Waals surface area contributed by atoms with Crippen LogP contribution in [0.2, 0.25) is 0 Å². The summed E-state index contributed by atoms with van der Waals surface area (Å²) in [6, 6.07) is 13.6. The average molecular weight is 518 g/mol. The van der Waals surface area contributed by atoms with Crippen molar-refractivity contribution >= 4 is 29.0 Å². The van der Waals surface area contributed by atoms with Crippen molar-refractivity contribution in [3.8, 4) is 11.3 Å². The first-order valence-corrected chi connectivity index (χ1v) is 14.0. The third-order valence-corrected chi connectivity index (χ3v) is 10.0. The van der Waals surface area contributed by atoms with Gasteiger partial charge in [0.1, 0.15) is 5.69 Å². The maximum absolute atomic E-state index is 13.2. The van der Waals surface area contributed by atoms with Gasteiger partial charge in [0.05, 0.1) is 16.8 Å². The number of aryl methyl sites for hydroxylation is 1. The van der Waals surface area contributed by atoms with E-state index in [1.54, 1.807) is 37.3 Å². The summed E-state index contributed by atoms with van der Waals surface area (Å²) >= 11 is 0. The highest BCUT2D eigenvalue weighted by atomic mass is 32.2. The number of Topliss-reactive ketones (excluding diaryl/α,β-unsaturated/α-hetero) is 1. The van der Waals surface area contributed by atoms with Crippen molar-refractivity contribution in [2.75, 3.05) is 38.7 Å². The van der Waals surface area contributed by atoms with E-state index in [-0.39, 0.29) is 22.8 Å². The maximum Gasteiger partial charge on any atom is 0.345 e. The third-order valence-electron chi connectivity index (χ3n) is 5.32. The van der Waals surface area contributed by atoms with Gasteiger partial charge in [-0.3, -0.25) is 9.36 Å². The number of rotatable bonds is 10. The molecule has 0 fully saturated rings. The van der Waals surface area contributed by atoms with E-state index in [0.717, 1.165) is 25.3 Å². The zero-order valence-electron chi connectivity index (χ0n) is 20.3. The van der Waals surface area contributed by atoms with E-state index in [4.69, 9.17) is 9.05 Å². The van der Waals surface area contributed by atoms with Crippen LogP contribution in [0.15, 0.2) is 59.6 Å². The van der Waals surface area contributed by atoms with Gasteiger partial charge in [0, 0.05) is 40.3 Å². The van der Waals surface area contributed by atoms with E-state index in [0.29, 0.717) is 17.1 Å². The van der Waals surface area contributed by atoms with Crippen molar-refractivity contribution < 1.29 is 26.8 Å².